The van der Waals surface area contributed by atoms with Crippen LogP contribution in [0.2, 0.25) is 0 Å². The number of methoxy groups -OCH3 is 1. The summed E-state index contributed by atoms with van der Waals surface area (Å²) in [6.45, 7) is 22.4. The smallest absolute Gasteiger partial charge is 0.136 e. The first-order chi connectivity index (χ1) is 20.4. The van der Waals surface area contributed by atoms with E-state index in [1.54, 1.807) is 7.11 Å². The van der Waals surface area contributed by atoms with Gasteiger partial charge in [-0.25, -0.2) is 4.98 Å². The van der Waals surface area contributed by atoms with Crippen molar-refractivity contribution in [1.29, 1.82) is 0 Å². The molecule has 3 heterocycles. The van der Waals surface area contributed by atoms with Crippen LogP contribution in [-0.2, 0) is 52.5 Å². The third-order valence-corrected chi connectivity index (χ3v) is 6.90. The number of para-hydroxylation sites is 1. The average Bonchev–Trinajstić information content (AvgIpc) is 3.37. The van der Waals surface area contributed by atoms with Gasteiger partial charge in [0, 0.05) is 65.8 Å². The van der Waals surface area contributed by atoms with Gasteiger partial charge in [-0.1, -0.05) is 45.0 Å². The molecule has 10 nitrogen and oxygen atoms in total. The third kappa shape index (κ3) is 13.1. The van der Waals surface area contributed by atoms with Crippen LogP contribution in [0.1, 0.15) is 60.2 Å². The van der Waals surface area contributed by atoms with Crippen molar-refractivity contribution in [1.82, 2.24) is 24.8 Å². The molecule has 0 aliphatic carbocycles. The Hall–Kier alpha value is -1.68. The molecular weight excluding hydrogens is 639 g/mol. The van der Waals surface area contributed by atoms with E-state index < -0.39 is 5.60 Å². The zero-order valence-corrected chi connectivity index (χ0v) is 29.0. The first-order valence-electron chi connectivity index (χ1n) is 15.6. The number of hydrogen-bond acceptors (Lipinski definition) is 8. The van der Waals surface area contributed by atoms with Crippen LogP contribution in [0.5, 0.6) is 0 Å². The first kappa shape index (κ1) is 39.3. The van der Waals surface area contributed by atoms with E-state index in [-0.39, 0.29) is 26.2 Å². The van der Waals surface area contributed by atoms with Crippen LogP contribution >= 0.6 is 0 Å². The molecule has 0 atom stereocenters. The number of benzene rings is 1. The molecule has 1 saturated heterocycles. The van der Waals surface area contributed by atoms with Crippen molar-refractivity contribution in [3.63, 3.8) is 0 Å². The van der Waals surface area contributed by atoms with Crippen molar-refractivity contribution in [2.24, 2.45) is 0 Å². The van der Waals surface area contributed by atoms with Gasteiger partial charge < -0.3 is 44.4 Å². The molecule has 1 aliphatic rings. The summed E-state index contributed by atoms with van der Waals surface area (Å²) in [7, 11) is 1.75. The Balaban J connectivity index is 0.000000900. The molecule has 0 saturated carbocycles. The summed E-state index contributed by atoms with van der Waals surface area (Å²) in [6, 6.07) is 7.94. The molecule has 0 spiro atoms. The Morgan fingerprint density at radius 3 is 2.37 bits per heavy atom. The molecule has 0 radical (unpaired) electrons. The molecular formula is C32H55N6O4Pd-. The molecule has 2 aromatic heterocycles. The van der Waals surface area contributed by atoms with Crippen molar-refractivity contribution in [2.45, 2.75) is 73.1 Å². The molecule has 1 aromatic carbocycles. The number of morpholine rings is 1. The second-order valence-corrected chi connectivity index (χ2v) is 10.5. The maximum absolute atomic E-state index is 8.44. The SMILES string of the molecule is C1COCCN1.CC.CCOCc1nc2c([NH-])nc3ccccc3c2n1CC(C)(C)OCCCCN(CC)CCOC.[Pd]. The molecule has 1 fully saturated rings. The molecule has 43 heavy (non-hydrogen) atoms. The Morgan fingerprint density at radius 1 is 1.05 bits per heavy atom. The molecule has 0 amide bonds. The molecule has 3 aromatic rings. The number of fused-ring (bicyclic) bond motifs is 3. The summed E-state index contributed by atoms with van der Waals surface area (Å²) in [5.41, 5.74) is 10.4. The van der Waals surface area contributed by atoms with Gasteiger partial charge in [0.2, 0.25) is 0 Å². The van der Waals surface area contributed by atoms with Crippen LogP contribution in [-0.4, -0.2) is 97.9 Å². The zero-order chi connectivity index (χ0) is 30.8. The van der Waals surface area contributed by atoms with E-state index >= 15 is 0 Å². The molecule has 1 aliphatic heterocycles. The molecule has 0 bridgehead atoms. The summed E-state index contributed by atoms with van der Waals surface area (Å²) in [5, 5.41) is 4.16. The largest absolute Gasteiger partial charge is 0.480 e. The fraction of sp³-hybridized carbons (Fsp3) is 0.688. The van der Waals surface area contributed by atoms with Crippen LogP contribution in [0.4, 0.5) is 5.82 Å². The Morgan fingerprint density at radius 2 is 1.77 bits per heavy atom. The second-order valence-electron chi connectivity index (χ2n) is 10.5. The molecule has 2 N–H and O–H groups in total. The zero-order valence-electron chi connectivity index (χ0n) is 27.4. The number of rotatable bonds is 15. The van der Waals surface area contributed by atoms with Gasteiger partial charge in [0.1, 0.15) is 12.4 Å². The summed E-state index contributed by atoms with van der Waals surface area (Å²) in [6.07, 6.45) is 2.10. The van der Waals surface area contributed by atoms with Crippen molar-refractivity contribution in [3.8, 4) is 0 Å². The van der Waals surface area contributed by atoms with Crippen LogP contribution in [0.3, 0.4) is 0 Å². The number of unbranched alkanes of at least 4 members (excludes halogenated alkanes) is 1. The summed E-state index contributed by atoms with van der Waals surface area (Å²) in [5.74, 6) is 0.995. The molecule has 11 heteroatoms. The van der Waals surface area contributed by atoms with E-state index in [1.165, 1.54) is 0 Å². The number of likely N-dealkylation sites (N-methyl/N-ethyl adjacent to an activating group) is 1. The minimum atomic E-state index is -0.401. The van der Waals surface area contributed by atoms with Gasteiger partial charge in [-0.3, -0.25) is 0 Å². The summed E-state index contributed by atoms with van der Waals surface area (Å²) >= 11 is 0. The van der Waals surface area contributed by atoms with Gasteiger partial charge in [0.15, 0.2) is 0 Å². The number of nitrogens with one attached hydrogen (secondary N) is 2. The Kier molecular flexibility index (Phi) is 20.1. The number of imidazole rings is 1. The van der Waals surface area contributed by atoms with Gasteiger partial charge >= 0.3 is 0 Å². The van der Waals surface area contributed by atoms with Crippen molar-refractivity contribution in [2.75, 3.05) is 72.9 Å². The second kappa shape index (κ2) is 21.9. The average molecular weight is 694 g/mol. The van der Waals surface area contributed by atoms with Gasteiger partial charge in [-0.05, 0) is 58.0 Å². The van der Waals surface area contributed by atoms with Crippen molar-refractivity contribution in [3.05, 3.63) is 35.8 Å². The number of pyridine rings is 1. The topological polar surface area (TPSA) is 107 Å². The quantitative estimate of drug-likeness (QED) is 0.153. The fourth-order valence-corrected chi connectivity index (χ4v) is 4.73. The number of nitrogens with zero attached hydrogens (tertiary/aromatic N) is 4. The number of hydrogen-bond donors (Lipinski definition) is 1. The first-order valence-corrected chi connectivity index (χ1v) is 15.6. The maximum Gasteiger partial charge on any atom is 0.136 e. The number of ether oxygens (including phenoxy) is 4. The van der Waals surface area contributed by atoms with Crippen molar-refractivity contribution >= 4 is 27.8 Å². The van der Waals surface area contributed by atoms with E-state index in [2.05, 4.69) is 40.5 Å². The van der Waals surface area contributed by atoms with E-state index in [0.717, 1.165) is 87.6 Å². The van der Waals surface area contributed by atoms with Crippen LogP contribution in [0, 0.1) is 0 Å². The van der Waals surface area contributed by atoms with Gasteiger partial charge in [0.05, 0.1) is 43.0 Å². The van der Waals surface area contributed by atoms with E-state index in [1.807, 2.05) is 45.0 Å². The summed E-state index contributed by atoms with van der Waals surface area (Å²) in [4.78, 5) is 11.6. The maximum atomic E-state index is 8.44. The molecule has 4 rings (SSSR count). The normalized spacial score (nSPS) is 13.3. The monoisotopic (exact) mass is 693 g/mol. The fourth-order valence-electron chi connectivity index (χ4n) is 4.73. The molecule has 248 valence electrons. The third-order valence-electron chi connectivity index (χ3n) is 6.90. The molecule has 0 unspecified atom stereocenters. The van der Waals surface area contributed by atoms with Crippen molar-refractivity contribution < 1.29 is 39.4 Å². The van der Waals surface area contributed by atoms with Crippen LogP contribution < -0.4 is 5.32 Å². The minimum Gasteiger partial charge on any atom is -0.480 e. The van der Waals surface area contributed by atoms with Crippen LogP contribution in [0.25, 0.3) is 27.7 Å². The Bertz CT molecular complexity index is 1140. The predicted molar refractivity (Wildman–Crippen MR) is 173 cm³/mol. The number of aromatic nitrogens is 3. The van der Waals surface area contributed by atoms with E-state index in [4.69, 9.17) is 29.7 Å². The summed E-state index contributed by atoms with van der Waals surface area (Å²) < 4.78 is 24.4. The van der Waals surface area contributed by atoms with Gasteiger partial charge in [-0.2, -0.15) is 0 Å². The van der Waals surface area contributed by atoms with Crippen LogP contribution in [0.15, 0.2) is 24.3 Å². The predicted octanol–water partition coefficient (Wildman–Crippen LogP) is 5.98. The minimum absolute atomic E-state index is 0. The Labute approximate surface area is 273 Å². The standard InChI is InChI=1S/C26H40N5O3.C4H9NO.C2H6.Pd/c1-6-30(15-17-32-5)14-10-11-16-34-26(3,4)19-31-22(18-33-7-2)29-23-24(31)20-12-8-9-13-21(20)28-25(23)27;1-3-6-4-2-5-1;1-2;/h8-9,12-13H,6-7,10-11,14-19H2,1-5H3,(H-,27,28);5H,1-4H2;1-2H3;/q-1;;;. The van der Waals surface area contributed by atoms with E-state index in [9.17, 15) is 0 Å². The van der Waals surface area contributed by atoms with Gasteiger partial charge in [-0.15, -0.1) is 0 Å². The van der Waals surface area contributed by atoms with Gasteiger partial charge in [0.25, 0.3) is 0 Å². The van der Waals surface area contributed by atoms with E-state index in [0.29, 0.717) is 31.9 Å².